The number of rotatable bonds is 3. The Labute approximate surface area is 109 Å². The number of piperidine rings is 1. The second kappa shape index (κ2) is 5.44. The van der Waals surface area contributed by atoms with Gasteiger partial charge < -0.3 is 5.32 Å². The summed E-state index contributed by atoms with van der Waals surface area (Å²) in [5, 5.41) is 3.20. The van der Waals surface area contributed by atoms with Crippen LogP contribution in [0.25, 0.3) is 0 Å². The summed E-state index contributed by atoms with van der Waals surface area (Å²) in [6, 6.07) is 0. The molecule has 2 saturated heterocycles. The van der Waals surface area contributed by atoms with Crippen molar-refractivity contribution in [2.75, 3.05) is 43.4 Å². The highest BCUT2D eigenvalue weighted by Gasteiger charge is 2.31. The molecular weight excluding hydrogens is 276 g/mol. The first-order valence-corrected chi connectivity index (χ1v) is 9.71. The van der Waals surface area contributed by atoms with E-state index >= 15 is 0 Å². The van der Waals surface area contributed by atoms with Crippen LogP contribution in [-0.2, 0) is 19.9 Å². The third-order valence-corrected chi connectivity index (χ3v) is 7.26. The Morgan fingerprint density at radius 3 is 2.22 bits per heavy atom. The predicted molar refractivity (Wildman–Crippen MR) is 69.6 cm³/mol. The van der Waals surface area contributed by atoms with E-state index in [1.54, 1.807) is 0 Å². The van der Waals surface area contributed by atoms with Gasteiger partial charge in [0.2, 0.25) is 10.0 Å². The number of sulfonamides is 1. The van der Waals surface area contributed by atoms with Crippen molar-refractivity contribution in [3.63, 3.8) is 0 Å². The largest absolute Gasteiger partial charge is 0.317 e. The Morgan fingerprint density at radius 2 is 1.67 bits per heavy atom. The fraction of sp³-hybridized carbons (Fsp3) is 1.00. The topological polar surface area (TPSA) is 83.6 Å². The second-order valence-electron chi connectivity index (χ2n) is 5.02. The van der Waals surface area contributed by atoms with Gasteiger partial charge in [0.1, 0.15) is 0 Å². The number of nitrogens with zero attached hydrogens (tertiary/aromatic N) is 1. The number of hydrogen-bond donors (Lipinski definition) is 1. The molecule has 6 nitrogen and oxygen atoms in total. The summed E-state index contributed by atoms with van der Waals surface area (Å²) in [5.74, 6) is 0.279. The minimum Gasteiger partial charge on any atom is -0.317 e. The average Bonchev–Trinajstić information content (AvgIpc) is 2.29. The van der Waals surface area contributed by atoms with Crippen LogP contribution in [0, 0.1) is 5.92 Å². The number of nitrogens with one attached hydrogen (secondary N) is 1. The van der Waals surface area contributed by atoms with Crippen LogP contribution in [0.15, 0.2) is 0 Å². The SMILES string of the molecule is O=S1(=O)CCN(S(=O)(=O)CC2CCNCC2)CC1. The molecule has 0 aromatic carbocycles. The fourth-order valence-corrected chi connectivity index (χ4v) is 5.74. The van der Waals surface area contributed by atoms with Gasteiger partial charge in [-0.25, -0.2) is 16.8 Å². The molecule has 2 rings (SSSR count). The summed E-state index contributed by atoms with van der Waals surface area (Å²) in [7, 11) is -6.32. The minimum atomic E-state index is -3.29. The lowest BCUT2D eigenvalue weighted by atomic mass is 10.0. The van der Waals surface area contributed by atoms with E-state index < -0.39 is 19.9 Å². The molecule has 0 amide bonds. The molecule has 0 radical (unpaired) electrons. The molecule has 0 unspecified atom stereocenters. The Hall–Kier alpha value is -0.180. The fourth-order valence-electron chi connectivity index (χ4n) is 2.43. The zero-order valence-corrected chi connectivity index (χ0v) is 12.0. The zero-order valence-electron chi connectivity index (χ0n) is 10.3. The van der Waals surface area contributed by atoms with Gasteiger partial charge in [-0.15, -0.1) is 0 Å². The number of sulfone groups is 1. The Bertz CT molecular complexity index is 466. The highest BCUT2D eigenvalue weighted by molar-refractivity contribution is 7.92. The van der Waals surface area contributed by atoms with Crippen molar-refractivity contribution in [2.45, 2.75) is 12.8 Å². The molecule has 0 aliphatic carbocycles. The van der Waals surface area contributed by atoms with Crippen molar-refractivity contribution in [3.8, 4) is 0 Å². The van der Waals surface area contributed by atoms with Crippen molar-refractivity contribution >= 4 is 19.9 Å². The molecule has 0 aromatic heterocycles. The lowest BCUT2D eigenvalue weighted by Gasteiger charge is -2.29. The maximum absolute atomic E-state index is 12.2. The molecule has 0 aromatic rings. The summed E-state index contributed by atoms with van der Waals surface area (Å²) >= 11 is 0. The normalized spacial score (nSPS) is 27.1. The second-order valence-corrected chi connectivity index (χ2v) is 9.34. The van der Waals surface area contributed by atoms with E-state index in [1.807, 2.05) is 0 Å². The van der Waals surface area contributed by atoms with Gasteiger partial charge in [-0.3, -0.25) is 0 Å². The van der Waals surface area contributed by atoms with E-state index in [0.717, 1.165) is 25.9 Å². The molecular formula is C10H20N2O4S2. The van der Waals surface area contributed by atoms with Gasteiger partial charge in [0, 0.05) is 13.1 Å². The molecule has 2 fully saturated rings. The van der Waals surface area contributed by atoms with Gasteiger partial charge in [0.25, 0.3) is 0 Å². The molecule has 106 valence electrons. The summed E-state index contributed by atoms with van der Waals surface area (Å²) in [6.45, 7) is 1.98. The minimum absolute atomic E-state index is 0.0432. The lowest BCUT2D eigenvalue weighted by molar-refractivity contribution is 0.382. The van der Waals surface area contributed by atoms with Crippen LogP contribution >= 0.6 is 0 Å². The monoisotopic (exact) mass is 296 g/mol. The van der Waals surface area contributed by atoms with Crippen molar-refractivity contribution < 1.29 is 16.8 Å². The molecule has 0 atom stereocenters. The molecule has 0 saturated carbocycles. The Balaban J connectivity index is 1.94. The summed E-state index contributed by atoms with van der Waals surface area (Å²) in [4.78, 5) is 0. The molecule has 0 bridgehead atoms. The van der Waals surface area contributed by atoms with E-state index in [9.17, 15) is 16.8 Å². The Morgan fingerprint density at radius 1 is 1.11 bits per heavy atom. The summed E-state index contributed by atoms with van der Waals surface area (Å²) in [6.07, 6.45) is 1.76. The van der Waals surface area contributed by atoms with Crippen molar-refractivity contribution in [2.24, 2.45) is 5.92 Å². The first kappa shape index (κ1) is 14.2. The van der Waals surface area contributed by atoms with Crippen LogP contribution in [0.3, 0.4) is 0 Å². The van der Waals surface area contributed by atoms with Gasteiger partial charge in [-0.2, -0.15) is 4.31 Å². The standard InChI is InChI=1S/C10H20N2O4S2/c13-17(14)7-5-12(6-8-17)18(15,16)9-10-1-3-11-4-2-10/h10-11H,1-9H2. The van der Waals surface area contributed by atoms with E-state index in [0.29, 0.717) is 0 Å². The van der Waals surface area contributed by atoms with Gasteiger partial charge in [-0.1, -0.05) is 0 Å². The molecule has 2 heterocycles. The third kappa shape index (κ3) is 3.66. The van der Waals surface area contributed by atoms with Crippen LogP contribution in [0.4, 0.5) is 0 Å². The van der Waals surface area contributed by atoms with Gasteiger partial charge in [0.15, 0.2) is 9.84 Å². The van der Waals surface area contributed by atoms with Gasteiger partial charge in [0.05, 0.1) is 17.3 Å². The zero-order chi connectivity index (χ0) is 13.2. The van der Waals surface area contributed by atoms with E-state index in [-0.39, 0.29) is 36.3 Å². The average molecular weight is 296 g/mol. The number of hydrogen-bond acceptors (Lipinski definition) is 5. The molecule has 0 spiro atoms. The van der Waals surface area contributed by atoms with Gasteiger partial charge in [-0.05, 0) is 31.8 Å². The van der Waals surface area contributed by atoms with Crippen LogP contribution in [0.2, 0.25) is 0 Å². The Kier molecular flexibility index (Phi) is 4.30. The van der Waals surface area contributed by atoms with Gasteiger partial charge >= 0.3 is 0 Å². The van der Waals surface area contributed by atoms with Crippen LogP contribution in [0.5, 0.6) is 0 Å². The van der Waals surface area contributed by atoms with Crippen LogP contribution < -0.4 is 5.32 Å². The first-order valence-electron chi connectivity index (χ1n) is 6.28. The van der Waals surface area contributed by atoms with E-state index in [4.69, 9.17) is 0 Å². The quantitative estimate of drug-likeness (QED) is 0.726. The van der Waals surface area contributed by atoms with Crippen molar-refractivity contribution in [1.29, 1.82) is 0 Å². The highest BCUT2D eigenvalue weighted by atomic mass is 32.2. The predicted octanol–water partition coefficient (Wildman–Crippen LogP) is -0.954. The van der Waals surface area contributed by atoms with E-state index in [2.05, 4.69) is 5.32 Å². The smallest absolute Gasteiger partial charge is 0.214 e. The van der Waals surface area contributed by atoms with Crippen LogP contribution in [-0.4, -0.2) is 64.6 Å². The maximum atomic E-state index is 12.2. The molecule has 18 heavy (non-hydrogen) atoms. The lowest BCUT2D eigenvalue weighted by Crippen LogP contribution is -2.46. The van der Waals surface area contributed by atoms with Crippen LogP contribution in [0.1, 0.15) is 12.8 Å². The summed E-state index contributed by atoms with van der Waals surface area (Å²) < 4.78 is 48.3. The van der Waals surface area contributed by atoms with E-state index in [1.165, 1.54) is 4.31 Å². The summed E-state index contributed by atoms with van der Waals surface area (Å²) in [5.41, 5.74) is 0. The molecule has 1 N–H and O–H groups in total. The maximum Gasteiger partial charge on any atom is 0.214 e. The first-order chi connectivity index (χ1) is 8.39. The highest BCUT2D eigenvalue weighted by Crippen LogP contribution is 2.18. The van der Waals surface area contributed by atoms with Crippen molar-refractivity contribution in [1.82, 2.24) is 9.62 Å². The third-order valence-electron chi connectivity index (χ3n) is 3.60. The molecule has 8 heteroatoms. The van der Waals surface area contributed by atoms with Crippen molar-refractivity contribution in [3.05, 3.63) is 0 Å². The molecule has 2 aliphatic heterocycles. The molecule has 2 aliphatic rings.